The summed E-state index contributed by atoms with van der Waals surface area (Å²) in [6, 6.07) is 5.89. The minimum absolute atomic E-state index is 0.0234. The Morgan fingerprint density at radius 2 is 2.04 bits per heavy atom. The molecule has 1 aliphatic heterocycles. The summed E-state index contributed by atoms with van der Waals surface area (Å²) in [5.74, 6) is -1.43. The number of carbonyl (C=O) groups is 4. The van der Waals surface area contributed by atoms with Gasteiger partial charge in [0.2, 0.25) is 5.91 Å². The number of nitrogens with one attached hydrogen (secondary N) is 2. The van der Waals surface area contributed by atoms with Crippen LogP contribution in [-0.2, 0) is 14.3 Å². The highest BCUT2D eigenvalue weighted by molar-refractivity contribution is 6.11. The summed E-state index contributed by atoms with van der Waals surface area (Å²) < 4.78 is 4.99. The number of nitrogens with zero attached hydrogens (tertiary/aromatic N) is 1. The second kappa shape index (κ2) is 8.00. The lowest BCUT2D eigenvalue weighted by Gasteiger charge is -2.36. The standard InChI is InChI=1S/C20H25N3O5/c1-3-28-17(25)14-9-4-5-10-15(14)21-16(24)12-23-18(26)20(22-19(23)27)11-7-6-8-13(20)2/h4-5,9-10,13H,3,6-8,11-12H2,1-2H3,(H,21,24)(H,22,27)/t13-,20-/m1/s1. The molecule has 2 aliphatic rings. The topological polar surface area (TPSA) is 105 Å². The van der Waals surface area contributed by atoms with Crippen LogP contribution in [0.3, 0.4) is 0 Å². The van der Waals surface area contributed by atoms with Gasteiger partial charge in [0.1, 0.15) is 12.1 Å². The van der Waals surface area contributed by atoms with E-state index in [2.05, 4.69) is 10.6 Å². The van der Waals surface area contributed by atoms with E-state index >= 15 is 0 Å². The highest BCUT2D eigenvalue weighted by Gasteiger charge is 2.55. The third-order valence-electron chi connectivity index (χ3n) is 5.50. The van der Waals surface area contributed by atoms with E-state index in [9.17, 15) is 19.2 Å². The Morgan fingerprint density at radius 1 is 1.29 bits per heavy atom. The van der Waals surface area contributed by atoms with E-state index in [0.29, 0.717) is 6.42 Å². The number of carbonyl (C=O) groups excluding carboxylic acids is 4. The molecule has 1 saturated heterocycles. The zero-order valence-corrected chi connectivity index (χ0v) is 16.1. The molecule has 0 unspecified atom stereocenters. The lowest BCUT2D eigenvalue weighted by atomic mass is 9.73. The summed E-state index contributed by atoms with van der Waals surface area (Å²) >= 11 is 0. The molecule has 150 valence electrons. The Hall–Kier alpha value is -2.90. The molecule has 1 saturated carbocycles. The van der Waals surface area contributed by atoms with Crippen LogP contribution in [0.25, 0.3) is 0 Å². The van der Waals surface area contributed by atoms with Crippen LogP contribution in [-0.4, -0.2) is 47.4 Å². The Labute approximate surface area is 163 Å². The number of ether oxygens (including phenoxy) is 1. The van der Waals surface area contributed by atoms with E-state index in [4.69, 9.17) is 4.74 Å². The number of hydrogen-bond acceptors (Lipinski definition) is 5. The van der Waals surface area contributed by atoms with Gasteiger partial charge in [-0.15, -0.1) is 0 Å². The van der Waals surface area contributed by atoms with Crippen LogP contribution < -0.4 is 10.6 Å². The van der Waals surface area contributed by atoms with Gasteiger partial charge in [-0.05, 0) is 37.8 Å². The van der Waals surface area contributed by atoms with Crippen LogP contribution in [0.1, 0.15) is 49.9 Å². The fourth-order valence-electron chi connectivity index (χ4n) is 3.95. The maximum Gasteiger partial charge on any atom is 0.340 e. The van der Waals surface area contributed by atoms with Gasteiger partial charge < -0.3 is 15.4 Å². The lowest BCUT2D eigenvalue weighted by molar-refractivity contribution is -0.136. The summed E-state index contributed by atoms with van der Waals surface area (Å²) in [5.41, 5.74) is -0.413. The number of imide groups is 1. The smallest absolute Gasteiger partial charge is 0.340 e. The van der Waals surface area contributed by atoms with E-state index in [1.807, 2.05) is 6.92 Å². The van der Waals surface area contributed by atoms with Crippen molar-refractivity contribution in [2.24, 2.45) is 5.92 Å². The number of amides is 4. The second-order valence-corrected chi connectivity index (χ2v) is 7.25. The van der Waals surface area contributed by atoms with E-state index in [1.165, 1.54) is 0 Å². The number of benzene rings is 1. The van der Waals surface area contributed by atoms with Gasteiger partial charge in [0.25, 0.3) is 5.91 Å². The molecule has 3 rings (SSSR count). The molecule has 1 heterocycles. The van der Waals surface area contributed by atoms with Gasteiger partial charge in [-0.2, -0.15) is 0 Å². The molecule has 0 radical (unpaired) electrons. The van der Waals surface area contributed by atoms with Crippen molar-refractivity contribution in [1.29, 1.82) is 0 Å². The molecule has 28 heavy (non-hydrogen) atoms. The highest BCUT2D eigenvalue weighted by Crippen LogP contribution is 2.38. The van der Waals surface area contributed by atoms with Gasteiger partial charge in [-0.3, -0.25) is 14.5 Å². The summed E-state index contributed by atoms with van der Waals surface area (Å²) in [4.78, 5) is 50.8. The zero-order chi connectivity index (χ0) is 20.3. The summed E-state index contributed by atoms with van der Waals surface area (Å²) in [5, 5.41) is 5.42. The van der Waals surface area contributed by atoms with Gasteiger partial charge >= 0.3 is 12.0 Å². The predicted octanol–water partition coefficient (Wildman–Crippen LogP) is 2.30. The third-order valence-corrected chi connectivity index (χ3v) is 5.50. The molecule has 2 fully saturated rings. The Bertz CT molecular complexity index is 809. The SMILES string of the molecule is CCOC(=O)c1ccccc1NC(=O)CN1C(=O)N[C@@]2(CCCC[C@H]2C)C1=O. The van der Waals surface area contributed by atoms with Crippen LogP contribution >= 0.6 is 0 Å². The summed E-state index contributed by atoms with van der Waals surface area (Å²) in [7, 11) is 0. The van der Waals surface area contributed by atoms with Crippen molar-refractivity contribution in [3.63, 3.8) is 0 Å². The highest BCUT2D eigenvalue weighted by atomic mass is 16.5. The Morgan fingerprint density at radius 3 is 2.75 bits per heavy atom. The van der Waals surface area contributed by atoms with Crippen LogP contribution in [0.2, 0.25) is 0 Å². The van der Waals surface area contributed by atoms with E-state index in [-0.39, 0.29) is 29.7 Å². The maximum atomic E-state index is 12.9. The summed E-state index contributed by atoms with van der Waals surface area (Å²) in [6.45, 7) is 3.45. The average molecular weight is 387 g/mol. The van der Waals surface area contributed by atoms with Crippen molar-refractivity contribution in [3.8, 4) is 0 Å². The van der Waals surface area contributed by atoms with Crippen molar-refractivity contribution >= 4 is 29.5 Å². The molecule has 0 bridgehead atoms. The Balaban J connectivity index is 1.71. The summed E-state index contributed by atoms with van der Waals surface area (Å²) in [6.07, 6.45) is 3.34. The van der Waals surface area contributed by atoms with Gasteiger partial charge in [0.15, 0.2) is 0 Å². The number of anilines is 1. The number of urea groups is 1. The Kier molecular flexibility index (Phi) is 5.67. The molecular formula is C20H25N3O5. The molecule has 4 amide bonds. The van der Waals surface area contributed by atoms with E-state index in [0.717, 1.165) is 24.2 Å². The molecule has 1 aliphatic carbocycles. The molecule has 1 aromatic rings. The number of hydrogen-bond donors (Lipinski definition) is 2. The molecule has 8 heteroatoms. The van der Waals surface area contributed by atoms with Crippen LogP contribution in [0, 0.1) is 5.92 Å². The first-order valence-electron chi connectivity index (χ1n) is 9.59. The number of para-hydroxylation sites is 1. The molecule has 2 atom stereocenters. The van der Waals surface area contributed by atoms with Crippen molar-refractivity contribution in [3.05, 3.63) is 29.8 Å². The average Bonchev–Trinajstić information content (AvgIpc) is 2.90. The minimum Gasteiger partial charge on any atom is -0.462 e. The lowest BCUT2D eigenvalue weighted by Crippen LogP contribution is -2.54. The first-order chi connectivity index (χ1) is 13.4. The fourth-order valence-corrected chi connectivity index (χ4v) is 3.95. The minimum atomic E-state index is -0.904. The maximum absolute atomic E-state index is 12.9. The van der Waals surface area contributed by atoms with Crippen LogP contribution in [0.5, 0.6) is 0 Å². The van der Waals surface area contributed by atoms with Crippen LogP contribution in [0.15, 0.2) is 24.3 Å². The van der Waals surface area contributed by atoms with Gasteiger partial charge in [-0.1, -0.05) is 31.9 Å². The number of rotatable bonds is 5. The zero-order valence-electron chi connectivity index (χ0n) is 16.1. The quantitative estimate of drug-likeness (QED) is 0.596. The fraction of sp³-hybridized carbons (Fsp3) is 0.500. The van der Waals surface area contributed by atoms with Crippen molar-refractivity contribution in [1.82, 2.24) is 10.2 Å². The van der Waals surface area contributed by atoms with E-state index < -0.39 is 30.0 Å². The first-order valence-corrected chi connectivity index (χ1v) is 9.59. The molecular weight excluding hydrogens is 362 g/mol. The molecule has 0 aromatic heterocycles. The molecule has 8 nitrogen and oxygen atoms in total. The van der Waals surface area contributed by atoms with Gasteiger partial charge in [0, 0.05) is 0 Å². The van der Waals surface area contributed by atoms with Crippen LogP contribution in [0.4, 0.5) is 10.5 Å². The second-order valence-electron chi connectivity index (χ2n) is 7.25. The van der Waals surface area contributed by atoms with E-state index in [1.54, 1.807) is 31.2 Å². The molecule has 1 spiro atoms. The predicted molar refractivity (Wildman–Crippen MR) is 102 cm³/mol. The largest absolute Gasteiger partial charge is 0.462 e. The third kappa shape index (κ3) is 3.58. The van der Waals surface area contributed by atoms with Crippen molar-refractivity contribution in [2.75, 3.05) is 18.5 Å². The molecule has 1 aromatic carbocycles. The first kappa shape index (κ1) is 19.9. The monoisotopic (exact) mass is 387 g/mol. The normalized spacial score (nSPS) is 24.2. The van der Waals surface area contributed by atoms with Gasteiger partial charge in [-0.25, -0.2) is 9.59 Å². The van der Waals surface area contributed by atoms with Crippen molar-refractivity contribution < 1.29 is 23.9 Å². The number of esters is 1. The molecule has 2 N–H and O–H groups in total. The van der Waals surface area contributed by atoms with Crippen molar-refractivity contribution in [2.45, 2.75) is 45.1 Å². The van der Waals surface area contributed by atoms with Gasteiger partial charge in [0.05, 0.1) is 17.9 Å².